The molecule has 1 amide bonds. The van der Waals surface area contributed by atoms with E-state index >= 15 is 0 Å². The third-order valence-corrected chi connectivity index (χ3v) is 4.56. The molecule has 0 bridgehead atoms. The van der Waals surface area contributed by atoms with Crippen LogP contribution in [0.1, 0.15) is 19.0 Å². The Morgan fingerprint density at radius 3 is 2.81 bits per heavy atom. The van der Waals surface area contributed by atoms with E-state index in [1.807, 2.05) is 23.1 Å². The molecule has 2 heterocycles. The molecule has 1 atom stereocenters. The first-order valence-electron chi connectivity index (χ1n) is 6.58. The van der Waals surface area contributed by atoms with Crippen LogP contribution in [-0.4, -0.2) is 41.2 Å². The maximum atomic E-state index is 12.1. The average molecular weight is 352 g/mol. The molecule has 7 heteroatoms. The number of amides is 1. The van der Waals surface area contributed by atoms with E-state index in [1.54, 1.807) is 18.0 Å². The van der Waals surface area contributed by atoms with E-state index in [0.717, 1.165) is 31.0 Å². The molecule has 1 saturated heterocycles. The lowest BCUT2D eigenvalue weighted by atomic mass is 9.90. The molecule has 1 aromatic rings. The second-order valence-electron chi connectivity index (χ2n) is 5.39. The Kier molecular flexibility index (Phi) is 9.29. The number of rotatable bonds is 5. The second-order valence-corrected chi connectivity index (χ2v) is 6.38. The van der Waals surface area contributed by atoms with Gasteiger partial charge in [-0.3, -0.25) is 9.78 Å². The van der Waals surface area contributed by atoms with Crippen LogP contribution >= 0.6 is 36.6 Å². The molecule has 0 saturated carbocycles. The van der Waals surface area contributed by atoms with E-state index in [-0.39, 0.29) is 36.1 Å². The van der Waals surface area contributed by atoms with Crippen molar-refractivity contribution in [2.45, 2.75) is 19.1 Å². The molecule has 120 valence electrons. The molecule has 0 aromatic carbocycles. The number of nitrogens with zero attached hydrogens (tertiary/aromatic N) is 2. The minimum atomic E-state index is 0. The van der Waals surface area contributed by atoms with Crippen molar-refractivity contribution in [1.29, 1.82) is 0 Å². The lowest BCUT2D eigenvalue weighted by molar-refractivity contribution is -0.127. The lowest BCUT2D eigenvalue weighted by Crippen LogP contribution is -2.35. The Labute approximate surface area is 143 Å². The number of hydrogen-bond acceptors (Lipinski definition) is 4. The molecule has 21 heavy (non-hydrogen) atoms. The molecular weight excluding hydrogens is 329 g/mol. The fraction of sp³-hybridized carbons (Fsp3) is 0.571. The standard InChI is InChI=1S/C14H21N3OS.2ClH/c1-14(10-15)5-7-17(11-14)13(18)9-19-8-12-4-2-3-6-16-12;;/h2-4,6H,5,7-11,15H2,1H3;2*1H. The maximum Gasteiger partial charge on any atom is 0.232 e. The Bertz CT molecular complexity index is 435. The quantitative estimate of drug-likeness (QED) is 0.884. The SMILES string of the molecule is CC1(CN)CCN(C(=O)CSCc2ccccn2)C1.Cl.Cl. The Morgan fingerprint density at radius 2 is 2.24 bits per heavy atom. The van der Waals surface area contributed by atoms with E-state index in [9.17, 15) is 4.79 Å². The van der Waals surface area contributed by atoms with Gasteiger partial charge in [0.1, 0.15) is 0 Å². The Morgan fingerprint density at radius 1 is 1.48 bits per heavy atom. The number of carbonyl (C=O) groups excluding carboxylic acids is 1. The van der Waals surface area contributed by atoms with Gasteiger partial charge in [0.2, 0.25) is 5.91 Å². The molecule has 1 aliphatic rings. The van der Waals surface area contributed by atoms with E-state index < -0.39 is 0 Å². The minimum absolute atomic E-state index is 0. The van der Waals surface area contributed by atoms with Crippen LogP contribution in [0.2, 0.25) is 0 Å². The first-order chi connectivity index (χ1) is 9.13. The Hall–Kier alpha value is -0.490. The highest BCUT2D eigenvalue weighted by atomic mass is 35.5. The minimum Gasteiger partial charge on any atom is -0.341 e. The maximum absolute atomic E-state index is 12.1. The summed E-state index contributed by atoms with van der Waals surface area (Å²) in [4.78, 5) is 18.3. The first kappa shape index (κ1) is 20.5. The summed E-state index contributed by atoms with van der Waals surface area (Å²) in [6, 6.07) is 5.86. The van der Waals surface area contributed by atoms with Gasteiger partial charge in [0, 0.05) is 25.0 Å². The Balaban J connectivity index is 0.00000200. The lowest BCUT2D eigenvalue weighted by Gasteiger charge is -2.22. The van der Waals surface area contributed by atoms with E-state index in [0.29, 0.717) is 12.3 Å². The normalized spacial score (nSPS) is 20.6. The predicted octanol–water partition coefficient (Wildman–Crippen LogP) is 2.36. The third-order valence-electron chi connectivity index (χ3n) is 3.60. The molecule has 0 aliphatic carbocycles. The molecule has 1 aliphatic heterocycles. The van der Waals surface area contributed by atoms with Gasteiger partial charge in [0.15, 0.2) is 0 Å². The van der Waals surface area contributed by atoms with Crippen molar-refractivity contribution in [3.05, 3.63) is 30.1 Å². The van der Waals surface area contributed by atoms with Crippen LogP contribution in [0, 0.1) is 5.41 Å². The number of halogens is 2. The zero-order valence-electron chi connectivity index (χ0n) is 12.2. The van der Waals surface area contributed by atoms with E-state index in [2.05, 4.69) is 11.9 Å². The molecular formula is C14H23Cl2N3OS. The summed E-state index contributed by atoms with van der Waals surface area (Å²) in [5.74, 6) is 1.53. The van der Waals surface area contributed by atoms with Gasteiger partial charge in [-0.1, -0.05) is 13.0 Å². The van der Waals surface area contributed by atoms with Crippen LogP contribution in [-0.2, 0) is 10.5 Å². The predicted molar refractivity (Wildman–Crippen MR) is 93.3 cm³/mol. The highest BCUT2D eigenvalue weighted by molar-refractivity contribution is 7.99. The smallest absolute Gasteiger partial charge is 0.232 e. The van der Waals surface area contributed by atoms with Gasteiger partial charge in [-0.2, -0.15) is 0 Å². The first-order valence-corrected chi connectivity index (χ1v) is 7.74. The van der Waals surface area contributed by atoms with Crippen molar-refractivity contribution in [1.82, 2.24) is 9.88 Å². The molecule has 2 rings (SSSR count). The summed E-state index contributed by atoms with van der Waals surface area (Å²) >= 11 is 1.62. The molecule has 1 fully saturated rings. The summed E-state index contributed by atoms with van der Waals surface area (Å²) < 4.78 is 0. The summed E-state index contributed by atoms with van der Waals surface area (Å²) in [5, 5.41) is 0. The average Bonchev–Trinajstić information content (AvgIpc) is 2.83. The fourth-order valence-electron chi connectivity index (χ4n) is 2.22. The summed E-state index contributed by atoms with van der Waals surface area (Å²) in [6.07, 6.45) is 2.80. The van der Waals surface area contributed by atoms with Crippen LogP contribution < -0.4 is 5.73 Å². The molecule has 1 aromatic heterocycles. The van der Waals surface area contributed by atoms with Crippen LogP contribution in [0.25, 0.3) is 0 Å². The van der Waals surface area contributed by atoms with E-state index in [1.165, 1.54) is 0 Å². The van der Waals surface area contributed by atoms with Crippen LogP contribution in [0.3, 0.4) is 0 Å². The fourth-order valence-corrected chi connectivity index (χ4v) is 3.06. The number of nitrogens with two attached hydrogens (primary N) is 1. The van der Waals surface area contributed by atoms with Gasteiger partial charge < -0.3 is 10.6 Å². The van der Waals surface area contributed by atoms with Crippen molar-refractivity contribution in [3.63, 3.8) is 0 Å². The number of hydrogen-bond donors (Lipinski definition) is 1. The van der Waals surface area contributed by atoms with Gasteiger partial charge in [-0.05, 0) is 30.5 Å². The van der Waals surface area contributed by atoms with Gasteiger partial charge >= 0.3 is 0 Å². The molecule has 0 radical (unpaired) electrons. The number of likely N-dealkylation sites (tertiary alicyclic amines) is 1. The number of aromatic nitrogens is 1. The zero-order chi connectivity index (χ0) is 13.7. The summed E-state index contributed by atoms with van der Waals surface area (Å²) in [5.41, 5.74) is 6.89. The topological polar surface area (TPSA) is 59.2 Å². The van der Waals surface area contributed by atoms with E-state index in [4.69, 9.17) is 5.73 Å². The molecule has 4 nitrogen and oxygen atoms in total. The van der Waals surface area contributed by atoms with Gasteiger partial charge in [0.25, 0.3) is 0 Å². The largest absolute Gasteiger partial charge is 0.341 e. The van der Waals surface area contributed by atoms with Crippen molar-refractivity contribution < 1.29 is 4.79 Å². The van der Waals surface area contributed by atoms with Crippen LogP contribution in [0.4, 0.5) is 0 Å². The number of thioether (sulfide) groups is 1. The molecule has 0 spiro atoms. The summed E-state index contributed by atoms with van der Waals surface area (Å²) in [7, 11) is 0. The molecule has 2 N–H and O–H groups in total. The highest BCUT2D eigenvalue weighted by Gasteiger charge is 2.34. The van der Waals surface area contributed by atoms with Gasteiger partial charge in [0.05, 0.1) is 11.4 Å². The zero-order valence-corrected chi connectivity index (χ0v) is 14.6. The van der Waals surface area contributed by atoms with Crippen molar-refractivity contribution in [2.75, 3.05) is 25.4 Å². The van der Waals surface area contributed by atoms with Crippen molar-refractivity contribution in [3.8, 4) is 0 Å². The monoisotopic (exact) mass is 351 g/mol. The van der Waals surface area contributed by atoms with Crippen LogP contribution in [0.5, 0.6) is 0 Å². The van der Waals surface area contributed by atoms with Gasteiger partial charge in [-0.15, -0.1) is 36.6 Å². The van der Waals surface area contributed by atoms with Gasteiger partial charge in [-0.25, -0.2) is 0 Å². The third kappa shape index (κ3) is 6.02. The summed E-state index contributed by atoms with van der Waals surface area (Å²) in [6.45, 7) is 4.45. The number of carbonyl (C=O) groups is 1. The molecule has 1 unspecified atom stereocenters. The highest BCUT2D eigenvalue weighted by Crippen LogP contribution is 2.28. The number of pyridine rings is 1. The second kappa shape index (κ2) is 9.51. The van der Waals surface area contributed by atoms with Crippen molar-refractivity contribution in [2.24, 2.45) is 11.1 Å². The van der Waals surface area contributed by atoms with Crippen molar-refractivity contribution >= 4 is 42.5 Å². The van der Waals surface area contributed by atoms with Crippen LogP contribution in [0.15, 0.2) is 24.4 Å².